The van der Waals surface area contributed by atoms with Gasteiger partial charge in [-0.05, 0) is 67.9 Å². The van der Waals surface area contributed by atoms with Gasteiger partial charge in [0.1, 0.15) is 17.2 Å². The van der Waals surface area contributed by atoms with E-state index in [1.54, 1.807) is 52.1 Å². The number of anilines is 1. The van der Waals surface area contributed by atoms with Crippen LogP contribution in [0.4, 0.5) is 10.5 Å². The molecule has 9 heteroatoms. The summed E-state index contributed by atoms with van der Waals surface area (Å²) in [5.41, 5.74) is 6.81. The van der Waals surface area contributed by atoms with Gasteiger partial charge in [-0.3, -0.25) is 5.32 Å². The summed E-state index contributed by atoms with van der Waals surface area (Å²) in [6.07, 6.45) is 1.09. The maximum atomic E-state index is 12.2. The molecule has 2 aliphatic rings. The van der Waals surface area contributed by atoms with Crippen LogP contribution in [0.5, 0.6) is 11.6 Å². The molecule has 1 atom stereocenters. The van der Waals surface area contributed by atoms with E-state index < -0.39 is 17.4 Å². The van der Waals surface area contributed by atoms with E-state index in [1.165, 1.54) is 0 Å². The Morgan fingerprint density at radius 3 is 2.66 bits per heavy atom. The fraction of sp³-hybridized carbons (Fsp3) is 0.300. The quantitative estimate of drug-likeness (QED) is 0.661. The van der Waals surface area contributed by atoms with Crippen LogP contribution < -0.4 is 15.8 Å². The van der Waals surface area contributed by atoms with Crippen molar-refractivity contribution in [3.63, 3.8) is 0 Å². The summed E-state index contributed by atoms with van der Waals surface area (Å²) in [7, 11) is 0. The molecule has 29 heavy (non-hydrogen) atoms. The number of benzene rings is 1. The van der Waals surface area contributed by atoms with Gasteiger partial charge >= 0.3 is 6.09 Å². The Balaban J connectivity index is 1.82. The zero-order valence-electron chi connectivity index (χ0n) is 16.4. The topological polar surface area (TPSA) is 111 Å². The molecule has 8 nitrogen and oxygen atoms in total. The summed E-state index contributed by atoms with van der Waals surface area (Å²) in [6.45, 7) is 7.21. The number of amides is 1. The molecule has 0 fully saturated rings. The molecule has 0 aliphatic carbocycles. The largest absolute Gasteiger partial charge is 0.444 e. The number of nitrogens with zero attached hydrogens (tertiary/aromatic N) is 3. The minimum Gasteiger partial charge on any atom is -0.444 e. The maximum Gasteiger partial charge on any atom is 0.412 e. The summed E-state index contributed by atoms with van der Waals surface area (Å²) in [6, 6.07) is 7.09. The maximum absolute atomic E-state index is 12.2. The number of fused-ring (bicyclic) bond motifs is 4. The van der Waals surface area contributed by atoms with Crippen molar-refractivity contribution in [2.45, 2.75) is 39.0 Å². The molecule has 1 spiro atoms. The second-order valence-corrected chi connectivity index (χ2v) is 8.73. The lowest BCUT2D eigenvalue weighted by Crippen LogP contribution is -2.29. The number of amidine groups is 1. The molecular formula is C20H20BrN5O3. The molecule has 0 bridgehead atoms. The van der Waals surface area contributed by atoms with E-state index in [-0.39, 0.29) is 0 Å². The van der Waals surface area contributed by atoms with Crippen LogP contribution in [-0.2, 0) is 10.4 Å². The van der Waals surface area contributed by atoms with Crippen LogP contribution in [0.3, 0.4) is 0 Å². The van der Waals surface area contributed by atoms with Crippen molar-refractivity contribution in [2.75, 3.05) is 5.32 Å². The van der Waals surface area contributed by atoms with E-state index in [2.05, 4.69) is 31.2 Å². The first-order valence-electron chi connectivity index (χ1n) is 8.98. The number of carbonyl (C=O) groups is 1. The van der Waals surface area contributed by atoms with Crippen LogP contribution in [0, 0.1) is 0 Å². The van der Waals surface area contributed by atoms with Crippen LogP contribution in [0.25, 0.3) is 0 Å². The van der Waals surface area contributed by atoms with Crippen molar-refractivity contribution in [1.29, 1.82) is 0 Å². The number of pyridine rings is 1. The van der Waals surface area contributed by atoms with Crippen LogP contribution in [0.2, 0.25) is 0 Å². The van der Waals surface area contributed by atoms with Gasteiger partial charge < -0.3 is 15.2 Å². The molecule has 1 aromatic heterocycles. The molecule has 4 rings (SSSR count). The molecule has 2 aromatic rings. The Hall–Kier alpha value is -2.94. The highest BCUT2D eigenvalue weighted by atomic mass is 79.9. The van der Waals surface area contributed by atoms with Crippen molar-refractivity contribution in [3.05, 3.63) is 46.1 Å². The number of hydrogen-bond donors (Lipinski definition) is 2. The van der Waals surface area contributed by atoms with E-state index in [0.29, 0.717) is 40.0 Å². The van der Waals surface area contributed by atoms with Crippen LogP contribution in [0.1, 0.15) is 38.8 Å². The molecule has 2 aliphatic heterocycles. The fourth-order valence-corrected chi connectivity index (χ4v) is 3.55. The van der Waals surface area contributed by atoms with Gasteiger partial charge in [0, 0.05) is 16.4 Å². The van der Waals surface area contributed by atoms with Crippen molar-refractivity contribution in [3.8, 4) is 11.6 Å². The van der Waals surface area contributed by atoms with Crippen LogP contribution >= 0.6 is 15.9 Å². The number of nitrogens with two attached hydrogens (primary N) is 1. The number of aliphatic imine (C=N–C) groups is 2. The normalized spacial score (nSPS) is 19.6. The molecule has 150 valence electrons. The molecule has 0 saturated heterocycles. The standard InChI is InChI=1S/C20H20BrN5O3/c1-10-16(22)26-20(25-10)13-8-12(24-18(27)29-19(2,3)4)5-6-15(13)28-17-14(20)7-11(21)9-23-17/h5-9H,1-4H3,(H2,22,26)(H,24,27). The first-order chi connectivity index (χ1) is 13.6. The zero-order chi connectivity index (χ0) is 21.0. The predicted octanol–water partition coefficient (Wildman–Crippen LogP) is 4.33. The molecule has 1 aromatic carbocycles. The first kappa shape index (κ1) is 19.4. The predicted molar refractivity (Wildman–Crippen MR) is 114 cm³/mol. The number of aromatic nitrogens is 1. The minimum atomic E-state index is -1.13. The third kappa shape index (κ3) is 3.46. The zero-order valence-corrected chi connectivity index (χ0v) is 18.0. The van der Waals surface area contributed by atoms with Gasteiger partial charge in [0.15, 0.2) is 0 Å². The molecular weight excluding hydrogens is 438 g/mol. The van der Waals surface area contributed by atoms with E-state index in [1.807, 2.05) is 6.07 Å². The summed E-state index contributed by atoms with van der Waals surface area (Å²) in [4.78, 5) is 26.0. The first-order valence-corrected chi connectivity index (χ1v) is 9.77. The van der Waals surface area contributed by atoms with Gasteiger partial charge in [-0.15, -0.1) is 0 Å². The Bertz CT molecular complexity index is 1070. The van der Waals surface area contributed by atoms with Gasteiger partial charge in [-0.25, -0.2) is 19.8 Å². The fourth-order valence-electron chi connectivity index (χ4n) is 3.22. The highest BCUT2D eigenvalue weighted by molar-refractivity contribution is 9.10. The van der Waals surface area contributed by atoms with Crippen molar-refractivity contribution < 1.29 is 14.3 Å². The lowest BCUT2D eigenvalue weighted by Gasteiger charge is -2.32. The Labute approximate surface area is 176 Å². The number of ether oxygens (including phenoxy) is 2. The highest BCUT2D eigenvalue weighted by Crippen LogP contribution is 2.51. The number of nitrogens with one attached hydrogen (secondary N) is 1. The molecule has 1 unspecified atom stereocenters. The summed E-state index contributed by atoms with van der Waals surface area (Å²) < 4.78 is 12.1. The summed E-state index contributed by atoms with van der Waals surface area (Å²) >= 11 is 3.45. The molecule has 0 saturated carbocycles. The van der Waals surface area contributed by atoms with Gasteiger partial charge in [0.2, 0.25) is 11.5 Å². The molecule has 3 N–H and O–H groups in total. The van der Waals surface area contributed by atoms with Crippen LogP contribution in [-0.4, -0.2) is 28.2 Å². The van der Waals surface area contributed by atoms with Crippen molar-refractivity contribution >= 4 is 39.3 Å². The van der Waals surface area contributed by atoms with E-state index in [0.717, 1.165) is 4.47 Å². The third-order valence-corrected chi connectivity index (χ3v) is 4.82. The summed E-state index contributed by atoms with van der Waals surface area (Å²) in [5.74, 6) is 1.29. The Morgan fingerprint density at radius 2 is 2.00 bits per heavy atom. The lowest BCUT2D eigenvalue weighted by molar-refractivity contribution is 0.0636. The Kier molecular flexibility index (Phi) is 4.38. The second kappa shape index (κ2) is 6.55. The number of halogens is 1. The number of rotatable bonds is 1. The highest BCUT2D eigenvalue weighted by Gasteiger charge is 2.46. The van der Waals surface area contributed by atoms with E-state index >= 15 is 0 Å². The van der Waals surface area contributed by atoms with Gasteiger partial charge in [0.05, 0.1) is 16.8 Å². The van der Waals surface area contributed by atoms with E-state index in [9.17, 15) is 4.79 Å². The molecule has 3 heterocycles. The van der Waals surface area contributed by atoms with Crippen molar-refractivity contribution in [2.24, 2.45) is 15.7 Å². The average Bonchev–Trinajstić information content (AvgIpc) is 2.90. The van der Waals surface area contributed by atoms with Crippen molar-refractivity contribution in [1.82, 2.24) is 4.98 Å². The molecule has 0 radical (unpaired) electrons. The summed E-state index contributed by atoms with van der Waals surface area (Å²) in [5, 5.41) is 2.74. The second-order valence-electron chi connectivity index (χ2n) is 7.81. The SMILES string of the molecule is CC1=NC2(N=C1N)c1cc(NC(=O)OC(C)(C)C)ccc1Oc1ncc(Br)cc12. The number of carbonyl (C=O) groups excluding carboxylic acids is 1. The van der Waals surface area contributed by atoms with Gasteiger partial charge in [-0.2, -0.15) is 0 Å². The van der Waals surface area contributed by atoms with Gasteiger partial charge in [-0.1, -0.05) is 0 Å². The Morgan fingerprint density at radius 1 is 1.24 bits per heavy atom. The monoisotopic (exact) mass is 457 g/mol. The van der Waals surface area contributed by atoms with E-state index in [4.69, 9.17) is 20.2 Å². The lowest BCUT2D eigenvalue weighted by atomic mass is 9.90. The average molecular weight is 458 g/mol. The smallest absolute Gasteiger partial charge is 0.412 e. The van der Waals surface area contributed by atoms with Gasteiger partial charge in [0.25, 0.3) is 0 Å². The third-order valence-electron chi connectivity index (χ3n) is 4.38. The number of hydrogen-bond acceptors (Lipinski definition) is 7. The minimum absolute atomic E-state index is 0.342. The van der Waals surface area contributed by atoms with Crippen LogP contribution in [0.15, 0.2) is 44.9 Å². The molecule has 1 amide bonds.